The third kappa shape index (κ3) is 2.69. The molecule has 1 amide bonds. The number of carbonyl (C=O) groups is 1. The van der Waals surface area contributed by atoms with Crippen molar-refractivity contribution in [2.75, 3.05) is 5.32 Å². The second-order valence-corrected chi connectivity index (χ2v) is 6.34. The molecule has 0 saturated carbocycles. The monoisotopic (exact) mass is 339 g/mol. The summed E-state index contributed by atoms with van der Waals surface area (Å²) in [4.78, 5) is 24.6. The summed E-state index contributed by atoms with van der Waals surface area (Å²) in [5.74, 6) is -0.461. The Balaban J connectivity index is 1.66. The van der Waals surface area contributed by atoms with Crippen LogP contribution >= 0.6 is 11.6 Å². The Morgan fingerprint density at radius 3 is 2.75 bits per heavy atom. The van der Waals surface area contributed by atoms with Crippen LogP contribution in [0.5, 0.6) is 0 Å². The number of rotatable bonds is 2. The van der Waals surface area contributed by atoms with Crippen LogP contribution in [0.4, 0.5) is 5.69 Å². The van der Waals surface area contributed by atoms with Crippen molar-refractivity contribution in [2.24, 2.45) is 0 Å². The van der Waals surface area contributed by atoms with E-state index in [1.807, 2.05) is 18.2 Å². The van der Waals surface area contributed by atoms with Crippen LogP contribution in [0.1, 0.15) is 28.1 Å². The van der Waals surface area contributed by atoms with Crippen LogP contribution in [-0.2, 0) is 12.8 Å². The lowest BCUT2D eigenvalue weighted by molar-refractivity contribution is 0.0997. The number of fused-ring (bicyclic) bond motifs is 2. The lowest BCUT2D eigenvalue weighted by Crippen LogP contribution is -2.15. The second kappa shape index (κ2) is 5.80. The average Bonchev–Trinajstić information content (AvgIpc) is 3.03. The smallest absolute Gasteiger partial charge is 0.291 e. The predicted molar refractivity (Wildman–Crippen MR) is 93.9 cm³/mol. The highest BCUT2D eigenvalue weighted by atomic mass is 35.5. The molecule has 1 aliphatic carbocycles. The number of aryl methyl sites for hydroxylation is 2. The lowest BCUT2D eigenvalue weighted by atomic mass is 10.1. The summed E-state index contributed by atoms with van der Waals surface area (Å²) in [7, 11) is 0. The van der Waals surface area contributed by atoms with E-state index in [4.69, 9.17) is 16.0 Å². The lowest BCUT2D eigenvalue weighted by Gasteiger charge is -2.07. The first-order valence-electron chi connectivity index (χ1n) is 7.77. The maximum Gasteiger partial charge on any atom is 0.291 e. The van der Waals surface area contributed by atoms with E-state index in [1.54, 1.807) is 12.1 Å². The molecular formula is C19H14ClNO3. The van der Waals surface area contributed by atoms with E-state index < -0.39 is 5.91 Å². The first-order chi connectivity index (χ1) is 11.6. The summed E-state index contributed by atoms with van der Waals surface area (Å²) < 4.78 is 5.55. The summed E-state index contributed by atoms with van der Waals surface area (Å²) in [6, 6.07) is 11.8. The molecule has 0 saturated heterocycles. The molecule has 0 fully saturated rings. The number of benzene rings is 2. The SMILES string of the molecule is O=C(Nc1ccc2c(c1)CCC2)c1cc(=O)c2cc(Cl)ccc2o1. The first-order valence-corrected chi connectivity index (χ1v) is 8.14. The third-order valence-corrected chi connectivity index (χ3v) is 4.50. The Hall–Kier alpha value is -2.59. The van der Waals surface area contributed by atoms with Gasteiger partial charge in [0.1, 0.15) is 5.58 Å². The van der Waals surface area contributed by atoms with Crippen molar-refractivity contribution in [3.63, 3.8) is 0 Å². The molecule has 1 aromatic heterocycles. The number of nitrogens with one attached hydrogen (secondary N) is 1. The zero-order valence-electron chi connectivity index (χ0n) is 12.8. The summed E-state index contributed by atoms with van der Waals surface area (Å²) in [5.41, 5.74) is 3.35. The van der Waals surface area contributed by atoms with Crippen LogP contribution in [0, 0.1) is 0 Å². The third-order valence-electron chi connectivity index (χ3n) is 4.27. The minimum absolute atomic E-state index is 0.0182. The highest BCUT2D eigenvalue weighted by Crippen LogP contribution is 2.25. The van der Waals surface area contributed by atoms with Crippen molar-refractivity contribution in [3.05, 3.63) is 74.6 Å². The van der Waals surface area contributed by atoms with E-state index in [1.165, 1.54) is 23.3 Å². The predicted octanol–water partition coefficient (Wildman–Crippen LogP) is 4.19. The number of halogens is 1. The van der Waals surface area contributed by atoms with Crippen LogP contribution in [0.25, 0.3) is 11.0 Å². The molecule has 24 heavy (non-hydrogen) atoms. The molecule has 1 aliphatic rings. The summed E-state index contributed by atoms with van der Waals surface area (Å²) >= 11 is 5.89. The molecule has 3 aromatic rings. The molecule has 1 heterocycles. The van der Waals surface area contributed by atoms with Crippen molar-refractivity contribution < 1.29 is 9.21 Å². The van der Waals surface area contributed by atoms with Gasteiger partial charge < -0.3 is 9.73 Å². The Bertz CT molecular complexity index is 1020. The number of hydrogen-bond acceptors (Lipinski definition) is 3. The minimum atomic E-state index is -0.443. The molecule has 5 heteroatoms. The normalized spacial score (nSPS) is 13.0. The number of hydrogen-bond donors (Lipinski definition) is 1. The number of carbonyl (C=O) groups excluding carboxylic acids is 1. The van der Waals surface area contributed by atoms with E-state index in [2.05, 4.69) is 5.32 Å². The summed E-state index contributed by atoms with van der Waals surface area (Å²) in [5, 5.41) is 3.60. The van der Waals surface area contributed by atoms with Gasteiger partial charge in [-0.2, -0.15) is 0 Å². The van der Waals surface area contributed by atoms with Gasteiger partial charge in [0.05, 0.1) is 5.39 Å². The van der Waals surface area contributed by atoms with Gasteiger partial charge in [0, 0.05) is 16.8 Å². The molecule has 0 unspecified atom stereocenters. The molecule has 0 spiro atoms. The van der Waals surface area contributed by atoms with E-state index in [0.717, 1.165) is 19.3 Å². The van der Waals surface area contributed by atoms with Crippen molar-refractivity contribution in [1.82, 2.24) is 0 Å². The van der Waals surface area contributed by atoms with E-state index >= 15 is 0 Å². The molecule has 4 nitrogen and oxygen atoms in total. The standard InChI is InChI=1S/C19H14ClNO3/c20-13-5-7-17-15(9-13)16(22)10-18(24-17)19(23)21-14-6-4-11-2-1-3-12(11)8-14/h4-10H,1-3H2,(H,21,23). The first kappa shape index (κ1) is 15.0. The van der Waals surface area contributed by atoms with Crippen LogP contribution in [0.2, 0.25) is 5.02 Å². The molecule has 120 valence electrons. The van der Waals surface area contributed by atoms with Crippen molar-refractivity contribution in [3.8, 4) is 0 Å². The Morgan fingerprint density at radius 1 is 1.04 bits per heavy atom. The van der Waals surface area contributed by atoms with Gasteiger partial charge in [-0.05, 0) is 60.7 Å². The van der Waals surface area contributed by atoms with Crippen LogP contribution in [-0.4, -0.2) is 5.91 Å². The zero-order chi connectivity index (χ0) is 16.7. The molecule has 1 N–H and O–H groups in total. The highest BCUT2D eigenvalue weighted by Gasteiger charge is 2.15. The topological polar surface area (TPSA) is 59.3 Å². The summed E-state index contributed by atoms with van der Waals surface area (Å²) in [6.45, 7) is 0. The molecule has 0 aliphatic heterocycles. The highest BCUT2D eigenvalue weighted by molar-refractivity contribution is 6.31. The molecular weight excluding hydrogens is 326 g/mol. The van der Waals surface area contributed by atoms with E-state index in [9.17, 15) is 9.59 Å². The van der Waals surface area contributed by atoms with Crippen molar-refractivity contribution >= 4 is 34.2 Å². The minimum Gasteiger partial charge on any atom is -0.451 e. The number of anilines is 1. The van der Waals surface area contributed by atoms with Crippen LogP contribution < -0.4 is 10.7 Å². The van der Waals surface area contributed by atoms with Gasteiger partial charge >= 0.3 is 0 Å². The van der Waals surface area contributed by atoms with Gasteiger partial charge in [0.2, 0.25) is 0 Å². The Labute approximate surface area is 143 Å². The molecule has 4 rings (SSSR count). The van der Waals surface area contributed by atoms with Gasteiger partial charge in [0.25, 0.3) is 5.91 Å². The second-order valence-electron chi connectivity index (χ2n) is 5.91. The largest absolute Gasteiger partial charge is 0.451 e. The van der Waals surface area contributed by atoms with Crippen LogP contribution in [0.3, 0.4) is 0 Å². The van der Waals surface area contributed by atoms with Gasteiger partial charge in [-0.25, -0.2) is 0 Å². The molecule has 2 aromatic carbocycles. The van der Waals surface area contributed by atoms with Crippen LogP contribution in [0.15, 0.2) is 51.7 Å². The van der Waals surface area contributed by atoms with E-state index in [-0.39, 0.29) is 11.2 Å². The fourth-order valence-corrected chi connectivity index (χ4v) is 3.25. The molecule has 0 bridgehead atoms. The Kier molecular flexibility index (Phi) is 3.62. The maximum atomic E-state index is 12.4. The average molecular weight is 340 g/mol. The quantitative estimate of drug-likeness (QED) is 0.761. The van der Waals surface area contributed by atoms with Gasteiger partial charge in [-0.3, -0.25) is 9.59 Å². The van der Waals surface area contributed by atoms with Gasteiger partial charge in [-0.15, -0.1) is 0 Å². The van der Waals surface area contributed by atoms with E-state index in [0.29, 0.717) is 21.7 Å². The van der Waals surface area contributed by atoms with Gasteiger partial charge in [-0.1, -0.05) is 17.7 Å². The zero-order valence-corrected chi connectivity index (χ0v) is 13.5. The molecule has 0 radical (unpaired) electrons. The Morgan fingerprint density at radius 2 is 1.88 bits per heavy atom. The van der Waals surface area contributed by atoms with Gasteiger partial charge in [0.15, 0.2) is 11.2 Å². The number of amides is 1. The summed E-state index contributed by atoms with van der Waals surface area (Å²) in [6.07, 6.45) is 3.27. The van der Waals surface area contributed by atoms with Crippen molar-refractivity contribution in [2.45, 2.75) is 19.3 Å². The van der Waals surface area contributed by atoms with Crippen molar-refractivity contribution in [1.29, 1.82) is 0 Å². The maximum absolute atomic E-state index is 12.4. The molecule has 0 atom stereocenters. The fraction of sp³-hybridized carbons (Fsp3) is 0.158. The fourth-order valence-electron chi connectivity index (χ4n) is 3.08.